The van der Waals surface area contributed by atoms with E-state index in [1.165, 1.54) is 4.88 Å². The van der Waals surface area contributed by atoms with Crippen LogP contribution in [0.1, 0.15) is 35.3 Å². The zero-order valence-electron chi connectivity index (χ0n) is 12.4. The van der Waals surface area contributed by atoms with Crippen LogP contribution in [-0.4, -0.2) is 19.7 Å². The molecule has 2 N–H and O–H groups in total. The molecule has 0 amide bonds. The summed E-state index contributed by atoms with van der Waals surface area (Å²) in [6, 6.07) is 0. The monoisotopic (exact) mass is 311 g/mol. The fraction of sp³-hybridized carbons (Fsp3) is 0.615. The zero-order valence-corrected chi connectivity index (χ0v) is 14.0. The van der Waals surface area contributed by atoms with E-state index in [2.05, 4.69) is 40.5 Å². The lowest BCUT2D eigenvalue weighted by Gasteiger charge is -2.11. The van der Waals surface area contributed by atoms with Crippen molar-refractivity contribution in [2.24, 2.45) is 11.7 Å². The number of hydrogen-bond donors (Lipinski definition) is 1. The zero-order chi connectivity index (χ0) is 14.7. The Morgan fingerprint density at radius 3 is 2.60 bits per heavy atom. The summed E-state index contributed by atoms with van der Waals surface area (Å²) in [6.45, 7) is 9.85. The number of aromatic nitrogens is 4. The van der Waals surface area contributed by atoms with Gasteiger partial charge in [-0.3, -0.25) is 0 Å². The van der Waals surface area contributed by atoms with Crippen LogP contribution in [0.25, 0.3) is 0 Å². The number of nitrogens with zero attached hydrogens (tertiary/aromatic N) is 4. The van der Waals surface area contributed by atoms with Gasteiger partial charge in [0, 0.05) is 17.2 Å². The van der Waals surface area contributed by atoms with E-state index in [4.69, 9.17) is 5.73 Å². The van der Waals surface area contributed by atoms with Crippen molar-refractivity contribution in [1.82, 2.24) is 19.7 Å². The molecule has 2 rings (SSSR count). The molecule has 0 aromatic carbocycles. The van der Waals surface area contributed by atoms with Crippen LogP contribution in [0.3, 0.4) is 0 Å². The maximum atomic E-state index is 5.73. The van der Waals surface area contributed by atoms with E-state index in [9.17, 15) is 0 Å². The first kappa shape index (κ1) is 15.5. The molecule has 0 aliphatic rings. The molecule has 2 aromatic heterocycles. The smallest absolute Gasteiger partial charge is 0.191 e. The molecule has 110 valence electrons. The van der Waals surface area contributed by atoms with E-state index in [0.717, 1.165) is 34.0 Å². The highest BCUT2D eigenvalue weighted by molar-refractivity contribution is 7.98. The van der Waals surface area contributed by atoms with Crippen LogP contribution in [0.15, 0.2) is 5.16 Å². The first-order chi connectivity index (χ1) is 9.51. The van der Waals surface area contributed by atoms with Gasteiger partial charge >= 0.3 is 0 Å². The maximum absolute atomic E-state index is 5.73. The van der Waals surface area contributed by atoms with Gasteiger partial charge in [-0.05, 0) is 19.8 Å². The van der Waals surface area contributed by atoms with Crippen LogP contribution in [0.2, 0.25) is 0 Å². The minimum atomic E-state index is 0.426. The van der Waals surface area contributed by atoms with Gasteiger partial charge in [0.1, 0.15) is 5.82 Å². The highest BCUT2D eigenvalue weighted by Crippen LogP contribution is 2.26. The van der Waals surface area contributed by atoms with E-state index in [-0.39, 0.29) is 0 Å². The van der Waals surface area contributed by atoms with Gasteiger partial charge in [0.25, 0.3) is 0 Å². The van der Waals surface area contributed by atoms with Crippen LogP contribution < -0.4 is 5.73 Å². The number of rotatable bonds is 6. The topological polar surface area (TPSA) is 69.6 Å². The quantitative estimate of drug-likeness (QED) is 0.831. The molecule has 0 aliphatic heterocycles. The minimum absolute atomic E-state index is 0.426. The van der Waals surface area contributed by atoms with E-state index < -0.39 is 0 Å². The van der Waals surface area contributed by atoms with Crippen LogP contribution in [0.5, 0.6) is 0 Å². The van der Waals surface area contributed by atoms with Crippen LogP contribution in [0.4, 0.5) is 0 Å². The van der Waals surface area contributed by atoms with Gasteiger partial charge in [-0.25, -0.2) is 4.98 Å². The van der Waals surface area contributed by atoms with Gasteiger partial charge in [0.2, 0.25) is 0 Å². The second-order valence-electron chi connectivity index (χ2n) is 5.13. The predicted octanol–water partition coefficient (Wildman–Crippen LogP) is 2.76. The summed E-state index contributed by atoms with van der Waals surface area (Å²) in [5.74, 6) is 2.23. The van der Waals surface area contributed by atoms with Crippen molar-refractivity contribution in [3.05, 3.63) is 21.4 Å². The molecule has 0 bridgehead atoms. The molecule has 0 aliphatic carbocycles. The van der Waals surface area contributed by atoms with Gasteiger partial charge in [-0.15, -0.1) is 21.5 Å². The molecule has 20 heavy (non-hydrogen) atoms. The fourth-order valence-electron chi connectivity index (χ4n) is 1.96. The Hall–Kier alpha value is -0.920. The Kier molecular flexibility index (Phi) is 5.17. The maximum Gasteiger partial charge on any atom is 0.191 e. The fourth-order valence-corrected chi connectivity index (χ4v) is 3.87. The van der Waals surface area contributed by atoms with Crippen LogP contribution >= 0.6 is 23.1 Å². The van der Waals surface area contributed by atoms with Crippen LogP contribution in [-0.2, 0) is 18.8 Å². The minimum Gasteiger partial charge on any atom is -0.324 e. The van der Waals surface area contributed by atoms with Gasteiger partial charge in [-0.1, -0.05) is 25.6 Å². The average molecular weight is 311 g/mol. The van der Waals surface area contributed by atoms with Gasteiger partial charge < -0.3 is 10.3 Å². The first-order valence-electron chi connectivity index (χ1n) is 6.69. The van der Waals surface area contributed by atoms with Crippen molar-refractivity contribution >= 4 is 23.1 Å². The summed E-state index contributed by atoms with van der Waals surface area (Å²) in [6.07, 6.45) is 0. The Bertz CT molecular complexity index is 573. The molecule has 0 saturated carbocycles. The van der Waals surface area contributed by atoms with Crippen molar-refractivity contribution < 1.29 is 0 Å². The Balaban J connectivity index is 2.13. The summed E-state index contributed by atoms with van der Waals surface area (Å²) in [7, 11) is 0. The predicted molar refractivity (Wildman–Crippen MR) is 83.9 cm³/mol. The average Bonchev–Trinajstić information content (AvgIpc) is 2.89. The van der Waals surface area contributed by atoms with E-state index in [0.29, 0.717) is 12.5 Å². The van der Waals surface area contributed by atoms with Crippen LogP contribution in [0, 0.1) is 19.8 Å². The van der Waals surface area contributed by atoms with E-state index >= 15 is 0 Å². The number of thioether (sulfide) groups is 1. The molecular formula is C13H21N5S2. The van der Waals surface area contributed by atoms with Crippen molar-refractivity contribution in [2.45, 2.75) is 51.7 Å². The summed E-state index contributed by atoms with van der Waals surface area (Å²) in [4.78, 5) is 5.84. The molecule has 0 spiro atoms. The summed E-state index contributed by atoms with van der Waals surface area (Å²) >= 11 is 3.43. The molecule has 0 unspecified atom stereocenters. The van der Waals surface area contributed by atoms with Crippen molar-refractivity contribution in [3.63, 3.8) is 0 Å². The Labute approximate surface area is 128 Å². The first-order valence-corrected chi connectivity index (χ1v) is 8.49. The number of hydrogen-bond acceptors (Lipinski definition) is 6. The third-order valence-electron chi connectivity index (χ3n) is 2.86. The van der Waals surface area contributed by atoms with Crippen molar-refractivity contribution in [1.29, 1.82) is 0 Å². The molecular weight excluding hydrogens is 290 g/mol. The normalized spacial score (nSPS) is 11.5. The standard InChI is InChI=1S/C13H21N5S2/c1-8(2)6-18-12(5-14)16-17-13(18)19-7-11-9(3)20-10(4)15-11/h8H,5-7,14H2,1-4H3. The van der Waals surface area contributed by atoms with E-state index in [1.54, 1.807) is 23.1 Å². The molecule has 5 nitrogen and oxygen atoms in total. The summed E-state index contributed by atoms with van der Waals surface area (Å²) < 4.78 is 2.13. The second kappa shape index (κ2) is 6.69. The number of thiazole rings is 1. The van der Waals surface area contributed by atoms with Gasteiger partial charge in [0.05, 0.1) is 17.2 Å². The third-order valence-corrected chi connectivity index (χ3v) is 4.77. The molecule has 0 atom stereocenters. The van der Waals surface area contributed by atoms with Gasteiger partial charge in [-0.2, -0.15) is 0 Å². The highest BCUT2D eigenvalue weighted by Gasteiger charge is 2.14. The summed E-state index contributed by atoms with van der Waals surface area (Å²) in [5.41, 5.74) is 6.88. The van der Waals surface area contributed by atoms with Crippen molar-refractivity contribution in [3.8, 4) is 0 Å². The lowest BCUT2D eigenvalue weighted by molar-refractivity contribution is 0.480. The van der Waals surface area contributed by atoms with Crippen molar-refractivity contribution in [2.75, 3.05) is 0 Å². The van der Waals surface area contributed by atoms with Gasteiger partial charge in [0.15, 0.2) is 5.16 Å². The Morgan fingerprint density at radius 2 is 2.05 bits per heavy atom. The highest BCUT2D eigenvalue weighted by atomic mass is 32.2. The molecule has 0 radical (unpaired) electrons. The molecule has 2 heterocycles. The molecule has 0 saturated heterocycles. The lowest BCUT2D eigenvalue weighted by Crippen LogP contribution is -2.12. The molecule has 0 fully saturated rings. The number of nitrogens with two attached hydrogens (primary N) is 1. The molecule has 2 aromatic rings. The summed E-state index contributed by atoms with van der Waals surface area (Å²) in [5, 5.41) is 10.5. The molecule has 7 heteroatoms. The number of aryl methyl sites for hydroxylation is 2. The third kappa shape index (κ3) is 3.59. The van der Waals surface area contributed by atoms with E-state index in [1.807, 2.05) is 6.92 Å². The second-order valence-corrected chi connectivity index (χ2v) is 7.48. The Morgan fingerprint density at radius 1 is 1.30 bits per heavy atom. The lowest BCUT2D eigenvalue weighted by atomic mass is 10.2. The largest absolute Gasteiger partial charge is 0.324 e. The SMILES string of the molecule is Cc1nc(CSc2nnc(CN)n2CC(C)C)c(C)s1.